The zero-order valence-corrected chi connectivity index (χ0v) is 13.5. The number of anilines is 1. The molecule has 1 amide bonds. The van der Waals surface area contributed by atoms with Crippen molar-refractivity contribution in [1.29, 1.82) is 0 Å². The normalized spacial score (nSPS) is 10.3. The average Bonchev–Trinajstić information content (AvgIpc) is 2.39. The summed E-state index contributed by atoms with van der Waals surface area (Å²) in [7, 11) is 0. The molecule has 0 bridgehead atoms. The van der Waals surface area contributed by atoms with Gasteiger partial charge < -0.3 is 16.2 Å². The molecule has 0 spiro atoms. The number of nitrogens with one attached hydrogen (secondary N) is 1. The van der Waals surface area contributed by atoms with Crippen LogP contribution in [-0.4, -0.2) is 11.0 Å². The second-order valence-electron chi connectivity index (χ2n) is 4.19. The number of amides is 1. The highest BCUT2D eigenvalue weighted by atomic mass is 79.9. The zero-order valence-electron chi connectivity index (χ0n) is 10.4. The van der Waals surface area contributed by atoms with Gasteiger partial charge in [0.15, 0.2) is 0 Å². The van der Waals surface area contributed by atoms with Crippen LogP contribution in [-0.2, 0) is 6.54 Å². The van der Waals surface area contributed by atoms with E-state index in [9.17, 15) is 9.90 Å². The molecular weight excluding hydrogens is 388 g/mol. The van der Waals surface area contributed by atoms with Crippen molar-refractivity contribution >= 4 is 43.5 Å². The monoisotopic (exact) mass is 398 g/mol. The molecule has 6 heteroatoms. The number of benzene rings is 2. The number of aromatic hydroxyl groups is 1. The molecule has 0 saturated heterocycles. The Labute approximate surface area is 133 Å². The lowest BCUT2D eigenvalue weighted by Crippen LogP contribution is -2.23. The summed E-state index contributed by atoms with van der Waals surface area (Å²) in [4.78, 5) is 12.1. The molecule has 0 aliphatic heterocycles. The van der Waals surface area contributed by atoms with Gasteiger partial charge in [-0.15, -0.1) is 0 Å². The molecule has 4 nitrogen and oxygen atoms in total. The molecule has 0 aliphatic carbocycles. The van der Waals surface area contributed by atoms with Gasteiger partial charge in [-0.3, -0.25) is 4.79 Å². The molecule has 0 fully saturated rings. The van der Waals surface area contributed by atoms with E-state index in [1.165, 1.54) is 6.07 Å². The predicted molar refractivity (Wildman–Crippen MR) is 85.5 cm³/mol. The number of rotatable bonds is 3. The first kappa shape index (κ1) is 14.9. The summed E-state index contributed by atoms with van der Waals surface area (Å²) in [5, 5.41) is 12.4. The lowest BCUT2D eigenvalue weighted by Gasteiger charge is -2.09. The molecule has 0 saturated carbocycles. The number of nitrogens with two attached hydrogens (primary N) is 1. The average molecular weight is 400 g/mol. The number of hydrogen-bond acceptors (Lipinski definition) is 3. The van der Waals surface area contributed by atoms with Gasteiger partial charge >= 0.3 is 0 Å². The maximum Gasteiger partial charge on any atom is 0.252 e. The van der Waals surface area contributed by atoms with Crippen LogP contribution < -0.4 is 11.1 Å². The van der Waals surface area contributed by atoms with Crippen molar-refractivity contribution in [3.63, 3.8) is 0 Å². The van der Waals surface area contributed by atoms with Gasteiger partial charge in [-0.1, -0.05) is 15.9 Å². The Kier molecular flexibility index (Phi) is 4.67. The lowest BCUT2D eigenvalue weighted by molar-refractivity contribution is 0.0950. The fourth-order valence-corrected chi connectivity index (χ4v) is 2.92. The van der Waals surface area contributed by atoms with E-state index in [0.29, 0.717) is 21.3 Å². The van der Waals surface area contributed by atoms with E-state index in [4.69, 9.17) is 5.73 Å². The fraction of sp³-hybridized carbons (Fsp3) is 0.0714. The van der Waals surface area contributed by atoms with E-state index < -0.39 is 0 Å². The summed E-state index contributed by atoms with van der Waals surface area (Å²) < 4.78 is 1.58. The molecule has 0 atom stereocenters. The summed E-state index contributed by atoms with van der Waals surface area (Å²) >= 11 is 6.67. The molecule has 0 aliphatic rings. The quantitative estimate of drug-likeness (QED) is 0.546. The Morgan fingerprint density at radius 1 is 1.20 bits per heavy atom. The Balaban J connectivity index is 2.10. The molecule has 2 rings (SSSR count). The number of carbonyl (C=O) groups excluding carboxylic acids is 1. The van der Waals surface area contributed by atoms with Gasteiger partial charge in [0.2, 0.25) is 0 Å². The van der Waals surface area contributed by atoms with Gasteiger partial charge in [-0.25, -0.2) is 0 Å². The highest BCUT2D eigenvalue weighted by Crippen LogP contribution is 2.23. The van der Waals surface area contributed by atoms with Gasteiger partial charge in [-0.05, 0) is 52.3 Å². The minimum absolute atomic E-state index is 0.106. The van der Waals surface area contributed by atoms with E-state index in [1.54, 1.807) is 30.3 Å². The fourth-order valence-electron chi connectivity index (χ4n) is 1.69. The number of carbonyl (C=O) groups is 1. The molecule has 0 aromatic heterocycles. The van der Waals surface area contributed by atoms with Crippen LogP contribution in [0.4, 0.5) is 5.69 Å². The molecular formula is C14H12Br2N2O2. The van der Waals surface area contributed by atoms with Gasteiger partial charge in [0.25, 0.3) is 5.91 Å². The maximum absolute atomic E-state index is 12.1. The van der Waals surface area contributed by atoms with Crippen molar-refractivity contribution < 1.29 is 9.90 Å². The van der Waals surface area contributed by atoms with Crippen LogP contribution >= 0.6 is 31.9 Å². The molecule has 0 unspecified atom stereocenters. The van der Waals surface area contributed by atoms with Crippen molar-refractivity contribution in [1.82, 2.24) is 5.32 Å². The van der Waals surface area contributed by atoms with Crippen LogP contribution in [0.1, 0.15) is 15.9 Å². The molecule has 20 heavy (non-hydrogen) atoms. The Morgan fingerprint density at radius 3 is 2.65 bits per heavy atom. The first-order chi connectivity index (χ1) is 9.47. The van der Waals surface area contributed by atoms with Gasteiger partial charge in [-0.2, -0.15) is 0 Å². The highest BCUT2D eigenvalue weighted by Gasteiger charge is 2.11. The highest BCUT2D eigenvalue weighted by molar-refractivity contribution is 9.11. The predicted octanol–water partition coefficient (Wildman–Crippen LogP) is 3.43. The third-order valence-corrected chi connectivity index (χ3v) is 3.87. The zero-order chi connectivity index (χ0) is 14.7. The number of nitrogen functional groups attached to an aromatic ring is 1. The number of hydrogen-bond donors (Lipinski definition) is 3. The molecule has 2 aromatic carbocycles. The van der Waals surface area contributed by atoms with E-state index in [2.05, 4.69) is 37.2 Å². The van der Waals surface area contributed by atoms with Crippen LogP contribution in [0.2, 0.25) is 0 Å². The van der Waals surface area contributed by atoms with Crippen molar-refractivity contribution in [2.24, 2.45) is 0 Å². The first-order valence-electron chi connectivity index (χ1n) is 5.78. The van der Waals surface area contributed by atoms with Gasteiger partial charge in [0.05, 0.1) is 5.56 Å². The molecule has 0 radical (unpaired) electrons. The molecule has 104 valence electrons. The minimum atomic E-state index is -0.230. The second kappa shape index (κ2) is 6.28. The molecule has 4 N–H and O–H groups in total. The van der Waals surface area contributed by atoms with Crippen molar-refractivity contribution in [3.05, 3.63) is 56.5 Å². The van der Waals surface area contributed by atoms with E-state index in [1.807, 2.05) is 0 Å². The van der Waals surface area contributed by atoms with Crippen LogP contribution in [0.5, 0.6) is 5.75 Å². The lowest BCUT2D eigenvalue weighted by atomic mass is 10.1. The van der Waals surface area contributed by atoms with E-state index in [-0.39, 0.29) is 18.2 Å². The number of phenolic OH excluding ortho intramolecular Hbond substituents is 1. The second-order valence-corrected chi connectivity index (χ2v) is 5.97. The van der Waals surface area contributed by atoms with Gasteiger partial charge in [0, 0.05) is 26.7 Å². The Bertz CT molecular complexity index is 660. The van der Waals surface area contributed by atoms with Crippen molar-refractivity contribution in [2.75, 3.05) is 5.73 Å². The van der Waals surface area contributed by atoms with Crippen LogP contribution in [0.15, 0.2) is 45.3 Å². The van der Waals surface area contributed by atoms with Crippen LogP contribution in [0, 0.1) is 0 Å². The topological polar surface area (TPSA) is 75.3 Å². The SMILES string of the molecule is Nc1ccc(O)c(CNC(=O)c2ccc(Br)cc2Br)c1. The Morgan fingerprint density at radius 2 is 1.95 bits per heavy atom. The summed E-state index contributed by atoms with van der Waals surface area (Å²) in [5.41, 5.74) is 7.29. The summed E-state index contributed by atoms with van der Waals surface area (Å²) in [6, 6.07) is 10.0. The number of halogens is 2. The molecule has 0 heterocycles. The Hall–Kier alpha value is -1.53. The summed E-state index contributed by atoms with van der Waals surface area (Å²) in [6.45, 7) is 0.207. The van der Waals surface area contributed by atoms with Crippen LogP contribution in [0.25, 0.3) is 0 Å². The maximum atomic E-state index is 12.1. The van der Waals surface area contributed by atoms with Gasteiger partial charge in [0.1, 0.15) is 5.75 Å². The number of phenols is 1. The smallest absolute Gasteiger partial charge is 0.252 e. The minimum Gasteiger partial charge on any atom is -0.508 e. The largest absolute Gasteiger partial charge is 0.508 e. The summed E-state index contributed by atoms with van der Waals surface area (Å²) in [6.07, 6.45) is 0. The third-order valence-electron chi connectivity index (χ3n) is 2.72. The summed E-state index contributed by atoms with van der Waals surface area (Å²) in [5.74, 6) is -0.124. The van der Waals surface area contributed by atoms with Crippen molar-refractivity contribution in [3.8, 4) is 5.75 Å². The van der Waals surface area contributed by atoms with Crippen LogP contribution in [0.3, 0.4) is 0 Å². The first-order valence-corrected chi connectivity index (χ1v) is 7.36. The third kappa shape index (κ3) is 3.52. The van der Waals surface area contributed by atoms with Crippen molar-refractivity contribution in [2.45, 2.75) is 6.54 Å². The van der Waals surface area contributed by atoms with E-state index in [0.717, 1.165) is 4.47 Å². The molecule has 2 aromatic rings. The van der Waals surface area contributed by atoms with E-state index >= 15 is 0 Å². The standard InChI is InChI=1S/C14H12Br2N2O2/c15-9-1-3-11(12(16)6-9)14(20)18-7-8-5-10(17)2-4-13(8)19/h1-6,19H,7,17H2,(H,18,20).